The highest BCUT2D eigenvalue weighted by Gasteiger charge is 2.60. The molecule has 0 bridgehead atoms. The van der Waals surface area contributed by atoms with Crippen molar-refractivity contribution in [1.29, 1.82) is 0 Å². The largest absolute Gasteiger partial charge is 0.471 e. The van der Waals surface area contributed by atoms with E-state index in [1.807, 2.05) is 0 Å². The van der Waals surface area contributed by atoms with E-state index in [0.29, 0.717) is 5.56 Å². The van der Waals surface area contributed by atoms with Gasteiger partial charge >= 0.3 is 17.9 Å². The van der Waals surface area contributed by atoms with Crippen LogP contribution in [0.25, 0.3) is 6.08 Å². The van der Waals surface area contributed by atoms with Crippen molar-refractivity contribution in [1.82, 2.24) is 0 Å². The molecule has 0 aromatic heterocycles. The second kappa shape index (κ2) is 16.5. The summed E-state index contributed by atoms with van der Waals surface area (Å²) in [6.45, 7) is 0.111. The van der Waals surface area contributed by atoms with E-state index in [-0.39, 0.29) is 16.9 Å². The van der Waals surface area contributed by atoms with E-state index in [0.717, 1.165) is 12.3 Å². The van der Waals surface area contributed by atoms with E-state index in [2.05, 4.69) is 0 Å². The first kappa shape index (κ1) is 40.4. The van der Waals surface area contributed by atoms with Gasteiger partial charge in [-0.1, -0.05) is 18.2 Å². The lowest BCUT2D eigenvalue weighted by Crippen LogP contribution is -2.60. The van der Waals surface area contributed by atoms with Gasteiger partial charge in [-0.2, -0.15) is 0 Å². The Morgan fingerprint density at radius 2 is 1.64 bits per heavy atom. The van der Waals surface area contributed by atoms with E-state index in [9.17, 15) is 55.2 Å². The number of fused-ring (bicyclic) bond motifs is 2. The Balaban J connectivity index is 1.13. The number of aliphatic hydroxyl groups is 8. The number of ether oxygens (including phenoxy) is 8. The molecule has 15 atom stereocenters. The fraction of sp³-hybridized carbons (Fsp3) is 0.528. The van der Waals surface area contributed by atoms with Crippen LogP contribution in [0.3, 0.4) is 0 Å². The average Bonchev–Trinajstić information content (AvgIpc) is 3.72. The maximum atomic E-state index is 13.3. The molecule has 2 fully saturated rings. The lowest BCUT2D eigenvalue weighted by atomic mass is 9.78. The maximum absolute atomic E-state index is 13.3. The van der Waals surface area contributed by atoms with Crippen LogP contribution in [-0.2, 0) is 47.5 Å². The molecule has 19 heteroatoms. The molecule has 2 saturated heterocycles. The lowest BCUT2D eigenvalue weighted by Gasteiger charge is -2.44. The standard InChI is InChI=1S/C36H42O19/c1-15(50-23(39)8-5-16-3-6-17(7-4-16)51-35-29(44)27(42)26(41)22(13-38)52-35)19-11-36(55-31(19)46)10-9-18-21(30(45)48-2)14-49-34(24(18)36)54-33-20(12-37)25(40)28(43)32(47)53-33/h3-11,14-15,18,20,22,24-29,32-35,37-38,40-44,47H,12-13H2,1-2H3/b8-5-/t15-,18+,20?,22?,24+,25?,26?,27?,28?,29?,32?,33?,34-,35?,36?/m0/s1. The monoisotopic (exact) mass is 778 g/mol. The van der Waals surface area contributed by atoms with Crippen LogP contribution in [0, 0.1) is 17.8 Å². The van der Waals surface area contributed by atoms with Crippen molar-refractivity contribution in [2.75, 3.05) is 20.3 Å². The van der Waals surface area contributed by atoms with Crippen LogP contribution in [0.5, 0.6) is 5.75 Å². The first-order chi connectivity index (χ1) is 26.2. The Morgan fingerprint density at radius 1 is 0.909 bits per heavy atom. The van der Waals surface area contributed by atoms with Crippen LogP contribution >= 0.6 is 0 Å². The van der Waals surface area contributed by atoms with Crippen molar-refractivity contribution >= 4 is 24.0 Å². The molecule has 11 unspecified atom stereocenters. The molecule has 1 aromatic rings. The van der Waals surface area contributed by atoms with Crippen LogP contribution < -0.4 is 4.74 Å². The van der Waals surface area contributed by atoms with Crippen LogP contribution in [0.2, 0.25) is 0 Å². The molecule has 19 nitrogen and oxygen atoms in total. The first-order valence-corrected chi connectivity index (χ1v) is 17.2. The highest BCUT2D eigenvalue weighted by atomic mass is 16.8. The van der Waals surface area contributed by atoms with Gasteiger partial charge in [0.15, 0.2) is 18.2 Å². The predicted molar refractivity (Wildman–Crippen MR) is 178 cm³/mol. The molecule has 55 heavy (non-hydrogen) atoms. The van der Waals surface area contributed by atoms with Crippen LogP contribution in [0.4, 0.5) is 0 Å². The third kappa shape index (κ3) is 7.91. The number of benzene rings is 1. The van der Waals surface area contributed by atoms with Crippen molar-refractivity contribution in [3.8, 4) is 5.75 Å². The molecule has 6 rings (SSSR count). The predicted octanol–water partition coefficient (Wildman–Crippen LogP) is -2.73. The normalized spacial score (nSPS) is 38.8. The minimum absolute atomic E-state index is 0.0502. The molecule has 1 spiro atoms. The molecule has 0 radical (unpaired) electrons. The zero-order valence-corrected chi connectivity index (χ0v) is 29.3. The van der Waals surface area contributed by atoms with E-state index in [4.69, 9.17) is 37.9 Å². The van der Waals surface area contributed by atoms with Crippen molar-refractivity contribution < 1.29 is 93.1 Å². The van der Waals surface area contributed by atoms with E-state index >= 15 is 0 Å². The quantitative estimate of drug-likeness (QED) is 0.0490. The van der Waals surface area contributed by atoms with Crippen molar-refractivity contribution in [2.24, 2.45) is 17.8 Å². The van der Waals surface area contributed by atoms with Crippen LogP contribution in [-0.4, -0.2) is 153 Å². The molecule has 1 aromatic carbocycles. The second-order valence-electron chi connectivity index (χ2n) is 13.5. The van der Waals surface area contributed by atoms with E-state index in [1.54, 1.807) is 18.2 Å². The summed E-state index contributed by atoms with van der Waals surface area (Å²) in [5.41, 5.74) is -1.10. The zero-order chi connectivity index (χ0) is 39.8. The molecule has 4 aliphatic heterocycles. The average molecular weight is 779 g/mol. The zero-order valence-electron chi connectivity index (χ0n) is 29.3. The third-order valence-electron chi connectivity index (χ3n) is 10.1. The number of carbonyl (C=O) groups is 3. The van der Waals surface area contributed by atoms with Crippen LogP contribution in [0.15, 0.2) is 66.0 Å². The summed E-state index contributed by atoms with van der Waals surface area (Å²) < 4.78 is 44.2. The highest BCUT2D eigenvalue weighted by molar-refractivity contribution is 5.95. The third-order valence-corrected chi connectivity index (χ3v) is 10.1. The molecular formula is C36H42O19. The van der Waals surface area contributed by atoms with Crippen molar-refractivity contribution in [3.05, 3.63) is 71.5 Å². The smallest absolute Gasteiger partial charge is 0.338 e. The van der Waals surface area contributed by atoms with Gasteiger partial charge in [0, 0.05) is 12.0 Å². The van der Waals surface area contributed by atoms with Crippen molar-refractivity contribution in [3.63, 3.8) is 0 Å². The maximum Gasteiger partial charge on any atom is 0.338 e. The summed E-state index contributed by atoms with van der Waals surface area (Å²) >= 11 is 0. The molecule has 300 valence electrons. The number of esters is 3. The summed E-state index contributed by atoms with van der Waals surface area (Å²) in [4.78, 5) is 38.8. The lowest BCUT2D eigenvalue weighted by molar-refractivity contribution is -0.365. The summed E-state index contributed by atoms with van der Waals surface area (Å²) in [7, 11) is 1.17. The van der Waals surface area contributed by atoms with Gasteiger partial charge < -0.3 is 78.7 Å². The molecule has 1 aliphatic carbocycles. The van der Waals surface area contributed by atoms with E-state index in [1.165, 1.54) is 44.4 Å². The number of carbonyl (C=O) groups excluding carboxylic acids is 3. The van der Waals surface area contributed by atoms with E-state index < -0.39 is 122 Å². The fourth-order valence-corrected chi connectivity index (χ4v) is 7.01. The first-order valence-electron chi connectivity index (χ1n) is 17.2. The van der Waals surface area contributed by atoms with Gasteiger partial charge in [-0.25, -0.2) is 14.4 Å². The second-order valence-corrected chi connectivity index (χ2v) is 13.5. The highest BCUT2D eigenvalue weighted by Crippen LogP contribution is 2.51. The Hall–Kier alpha value is -4.25. The number of aliphatic hydroxyl groups excluding tert-OH is 8. The Bertz CT molecular complexity index is 1700. The molecule has 4 heterocycles. The summed E-state index contributed by atoms with van der Waals surface area (Å²) in [6.07, 6.45) is -8.47. The van der Waals surface area contributed by atoms with Gasteiger partial charge in [-0.15, -0.1) is 0 Å². The van der Waals surface area contributed by atoms with Gasteiger partial charge in [-0.3, -0.25) is 0 Å². The molecule has 8 N–H and O–H groups in total. The number of rotatable bonds is 11. The van der Waals surface area contributed by atoms with Gasteiger partial charge in [0.1, 0.15) is 42.4 Å². The summed E-state index contributed by atoms with van der Waals surface area (Å²) in [5, 5.41) is 80.0. The van der Waals surface area contributed by atoms with Crippen LogP contribution in [0.1, 0.15) is 12.5 Å². The van der Waals surface area contributed by atoms with Gasteiger partial charge in [0.05, 0.1) is 55.7 Å². The molecular weight excluding hydrogens is 736 g/mol. The fourth-order valence-electron chi connectivity index (χ4n) is 7.01. The minimum Gasteiger partial charge on any atom is -0.471 e. The number of hydrogen-bond donors (Lipinski definition) is 8. The number of hydrogen-bond acceptors (Lipinski definition) is 19. The summed E-state index contributed by atoms with van der Waals surface area (Å²) in [6, 6.07) is 6.09. The number of methoxy groups -OCH3 is 1. The van der Waals surface area contributed by atoms with Crippen molar-refractivity contribution in [2.45, 2.75) is 80.4 Å². The number of allylic oxidation sites excluding steroid dienone is 1. The topological polar surface area (TPSA) is 287 Å². The Kier molecular flexibility index (Phi) is 12.1. The Morgan fingerprint density at radius 3 is 2.31 bits per heavy atom. The minimum atomic E-state index is -1.88. The molecule has 5 aliphatic rings. The summed E-state index contributed by atoms with van der Waals surface area (Å²) in [5.74, 6) is -5.30. The van der Waals surface area contributed by atoms with Gasteiger partial charge in [-0.05, 0) is 42.8 Å². The SMILES string of the molecule is COC(=O)C1=CO[C@@H](OC2OC(O)C(O)C(O)C2CO)[C@H]2[C@@H]1C=CC21C=C([C@H](C)OC(=O)/C=C\c2ccc(OC3OC(CO)C(O)C(O)C3O)cc2)C(=O)O1. The van der Waals surface area contributed by atoms with Gasteiger partial charge in [0.25, 0.3) is 0 Å². The Labute approximate surface area is 312 Å². The molecule has 0 saturated carbocycles. The molecule has 0 amide bonds. The van der Waals surface area contributed by atoms with Gasteiger partial charge in [0.2, 0.25) is 12.6 Å².